The molecule has 0 aliphatic heterocycles. The van der Waals surface area contributed by atoms with Gasteiger partial charge in [-0.1, -0.05) is 30.3 Å². The Kier molecular flexibility index (Phi) is 7.43. The standard InChI is InChI=1S/C16H27N3OS/c1-5-17-15(18-11-12-21(20)16(2,3)4)19-13-14-9-7-6-8-10-14/h6-10H,5,11-13H2,1-4H3,(H2,17,18,19). The van der Waals surface area contributed by atoms with Crippen LogP contribution in [0.25, 0.3) is 0 Å². The van der Waals surface area contributed by atoms with Gasteiger partial charge in [-0.2, -0.15) is 0 Å². The maximum Gasteiger partial charge on any atom is 0.191 e. The van der Waals surface area contributed by atoms with E-state index < -0.39 is 10.8 Å². The maximum absolute atomic E-state index is 12.0. The zero-order chi connectivity index (χ0) is 15.7. The van der Waals surface area contributed by atoms with Crippen LogP contribution in [0.3, 0.4) is 0 Å². The molecule has 0 bridgehead atoms. The number of nitrogens with one attached hydrogen (secondary N) is 2. The molecule has 118 valence electrons. The van der Waals surface area contributed by atoms with Crippen molar-refractivity contribution in [1.29, 1.82) is 0 Å². The molecule has 0 saturated carbocycles. The first kappa shape index (κ1) is 17.7. The predicted octanol–water partition coefficient (Wildman–Crippen LogP) is 2.29. The van der Waals surface area contributed by atoms with Crippen molar-refractivity contribution in [2.75, 3.05) is 18.8 Å². The third kappa shape index (κ3) is 7.27. The zero-order valence-electron chi connectivity index (χ0n) is 13.5. The van der Waals surface area contributed by atoms with Crippen molar-refractivity contribution >= 4 is 16.8 Å². The molecule has 4 nitrogen and oxygen atoms in total. The molecule has 0 radical (unpaired) electrons. The Morgan fingerprint density at radius 2 is 1.86 bits per heavy atom. The normalized spacial score (nSPS) is 13.8. The lowest BCUT2D eigenvalue weighted by Gasteiger charge is -2.18. The van der Waals surface area contributed by atoms with E-state index in [1.807, 2.05) is 45.9 Å². The molecule has 1 rings (SSSR count). The summed E-state index contributed by atoms with van der Waals surface area (Å²) in [4.78, 5) is 4.54. The van der Waals surface area contributed by atoms with Gasteiger partial charge in [0.2, 0.25) is 0 Å². The van der Waals surface area contributed by atoms with Crippen LogP contribution in [0.2, 0.25) is 0 Å². The molecule has 1 aromatic rings. The van der Waals surface area contributed by atoms with Gasteiger partial charge in [-0.3, -0.25) is 4.21 Å². The van der Waals surface area contributed by atoms with Crippen LogP contribution in [0.5, 0.6) is 0 Å². The first-order chi connectivity index (χ1) is 9.93. The van der Waals surface area contributed by atoms with E-state index in [2.05, 4.69) is 27.8 Å². The van der Waals surface area contributed by atoms with Gasteiger partial charge in [0.25, 0.3) is 0 Å². The van der Waals surface area contributed by atoms with Gasteiger partial charge in [-0.15, -0.1) is 0 Å². The number of nitrogens with zero attached hydrogens (tertiary/aromatic N) is 1. The lowest BCUT2D eigenvalue weighted by molar-refractivity contribution is 0.647. The summed E-state index contributed by atoms with van der Waals surface area (Å²) in [5, 5.41) is 6.45. The van der Waals surface area contributed by atoms with Crippen molar-refractivity contribution in [2.24, 2.45) is 4.99 Å². The van der Waals surface area contributed by atoms with Gasteiger partial charge in [0, 0.05) is 34.4 Å². The molecule has 0 heterocycles. The monoisotopic (exact) mass is 309 g/mol. The SMILES string of the molecule is CCNC(=NCc1ccccc1)NCCS(=O)C(C)(C)C. The molecule has 2 N–H and O–H groups in total. The van der Waals surface area contributed by atoms with Crippen LogP contribution in [0.4, 0.5) is 0 Å². The van der Waals surface area contributed by atoms with Gasteiger partial charge < -0.3 is 10.6 Å². The molecule has 0 aliphatic rings. The van der Waals surface area contributed by atoms with Crippen LogP contribution in [0.15, 0.2) is 35.3 Å². The summed E-state index contributed by atoms with van der Waals surface area (Å²) in [6.07, 6.45) is 0. The molecular formula is C16H27N3OS. The highest BCUT2D eigenvalue weighted by atomic mass is 32.2. The van der Waals surface area contributed by atoms with E-state index in [1.54, 1.807) is 0 Å². The molecule has 1 atom stereocenters. The van der Waals surface area contributed by atoms with Crippen LogP contribution >= 0.6 is 0 Å². The van der Waals surface area contributed by atoms with Crippen LogP contribution in [-0.4, -0.2) is 33.8 Å². The summed E-state index contributed by atoms with van der Waals surface area (Å²) in [6, 6.07) is 10.1. The number of hydrogen-bond acceptors (Lipinski definition) is 2. The maximum atomic E-state index is 12.0. The van der Waals surface area contributed by atoms with Crippen molar-refractivity contribution in [1.82, 2.24) is 10.6 Å². The van der Waals surface area contributed by atoms with E-state index in [0.717, 1.165) is 12.5 Å². The Morgan fingerprint density at radius 1 is 1.19 bits per heavy atom. The average Bonchev–Trinajstić information content (AvgIpc) is 2.44. The van der Waals surface area contributed by atoms with Gasteiger partial charge in [0.1, 0.15) is 0 Å². The molecule has 5 heteroatoms. The average molecular weight is 309 g/mol. The van der Waals surface area contributed by atoms with Crippen molar-refractivity contribution in [3.8, 4) is 0 Å². The summed E-state index contributed by atoms with van der Waals surface area (Å²) in [5.41, 5.74) is 1.17. The second-order valence-electron chi connectivity index (χ2n) is 5.77. The minimum Gasteiger partial charge on any atom is -0.357 e. The van der Waals surface area contributed by atoms with Gasteiger partial charge in [0.05, 0.1) is 6.54 Å². The lowest BCUT2D eigenvalue weighted by Crippen LogP contribution is -2.40. The summed E-state index contributed by atoms with van der Waals surface area (Å²) in [7, 11) is -0.843. The fourth-order valence-corrected chi connectivity index (χ4v) is 2.56. The molecule has 0 aliphatic carbocycles. The fraction of sp³-hybridized carbons (Fsp3) is 0.562. The molecule has 0 amide bonds. The summed E-state index contributed by atoms with van der Waals surface area (Å²) in [6.45, 7) is 10.1. The van der Waals surface area contributed by atoms with E-state index in [-0.39, 0.29) is 4.75 Å². The molecular weight excluding hydrogens is 282 g/mol. The Bertz CT molecular complexity index is 466. The van der Waals surface area contributed by atoms with Crippen molar-refractivity contribution in [2.45, 2.75) is 39.0 Å². The highest BCUT2D eigenvalue weighted by Gasteiger charge is 2.18. The number of rotatable bonds is 6. The third-order valence-corrected chi connectivity index (χ3v) is 4.81. The molecule has 0 saturated heterocycles. The van der Waals surface area contributed by atoms with Crippen LogP contribution in [0, 0.1) is 0 Å². The second kappa shape index (κ2) is 8.82. The van der Waals surface area contributed by atoms with E-state index in [4.69, 9.17) is 0 Å². The first-order valence-electron chi connectivity index (χ1n) is 7.38. The Hall–Kier alpha value is -1.36. The van der Waals surface area contributed by atoms with Crippen molar-refractivity contribution in [3.63, 3.8) is 0 Å². The Labute approximate surface area is 130 Å². The predicted molar refractivity (Wildman–Crippen MR) is 92.0 cm³/mol. The van der Waals surface area contributed by atoms with Gasteiger partial charge in [-0.25, -0.2) is 4.99 Å². The Morgan fingerprint density at radius 3 is 2.43 bits per heavy atom. The van der Waals surface area contributed by atoms with Crippen LogP contribution in [0.1, 0.15) is 33.3 Å². The van der Waals surface area contributed by atoms with Gasteiger partial charge in [0.15, 0.2) is 5.96 Å². The molecule has 1 aromatic carbocycles. The first-order valence-corrected chi connectivity index (χ1v) is 8.70. The number of hydrogen-bond donors (Lipinski definition) is 2. The smallest absolute Gasteiger partial charge is 0.191 e. The number of aliphatic imine (C=N–C) groups is 1. The molecule has 21 heavy (non-hydrogen) atoms. The topological polar surface area (TPSA) is 53.5 Å². The molecule has 0 aromatic heterocycles. The fourth-order valence-electron chi connectivity index (χ4n) is 1.66. The van der Waals surface area contributed by atoms with Crippen LogP contribution < -0.4 is 10.6 Å². The van der Waals surface area contributed by atoms with E-state index in [9.17, 15) is 4.21 Å². The van der Waals surface area contributed by atoms with E-state index >= 15 is 0 Å². The molecule has 1 unspecified atom stereocenters. The second-order valence-corrected chi connectivity index (χ2v) is 8.09. The number of guanidine groups is 1. The quantitative estimate of drug-likeness (QED) is 0.626. The lowest BCUT2D eigenvalue weighted by atomic mass is 10.2. The van der Waals surface area contributed by atoms with Crippen LogP contribution in [-0.2, 0) is 17.3 Å². The highest BCUT2D eigenvalue weighted by molar-refractivity contribution is 7.86. The summed E-state index contributed by atoms with van der Waals surface area (Å²) < 4.78 is 11.8. The zero-order valence-corrected chi connectivity index (χ0v) is 14.3. The van der Waals surface area contributed by atoms with Crippen molar-refractivity contribution in [3.05, 3.63) is 35.9 Å². The minimum atomic E-state index is -0.843. The molecule has 0 fully saturated rings. The van der Waals surface area contributed by atoms with Crippen molar-refractivity contribution < 1.29 is 4.21 Å². The highest BCUT2D eigenvalue weighted by Crippen LogP contribution is 2.10. The van der Waals surface area contributed by atoms with E-state index in [0.29, 0.717) is 18.8 Å². The van der Waals surface area contributed by atoms with Gasteiger partial charge >= 0.3 is 0 Å². The molecule has 0 spiro atoms. The third-order valence-electron chi connectivity index (χ3n) is 2.87. The minimum absolute atomic E-state index is 0.165. The van der Waals surface area contributed by atoms with E-state index in [1.165, 1.54) is 5.56 Å². The Balaban J connectivity index is 2.48. The largest absolute Gasteiger partial charge is 0.357 e. The number of benzene rings is 1. The summed E-state index contributed by atoms with van der Waals surface area (Å²) >= 11 is 0. The summed E-state index contributed by atoms with van der Waals surface area (Å²) in [5.74, 6) is 1.39. The van der Waals surface area contributed by atoms with Gasteiger partial charge in [-0.05, 0) is 33.3 Å².